The first-order chi connectivity index (χ1) is 7.71. The average molecular weight is 226 g/mol. The molecule has 0 aliphatic heterocycles. The van der Waals surface area contributed by atoms with E-state index in [-0.39, 0.29) is 0 Å². The molecule has 1 fully saturated rings. The minimum Gasteiger partial charge on any atom is -0.330 e. The minimum atomic E-state index is 0.689. The molecule has 1 rings (SSSR count). The van der Waals surface area contributed by atoms with Crippen molar-refractivity contribution < 1.29 is 0 Å². The molecule has 1 aliphatic rings. The van der Waals surface area contributed by atoms with E-state index in [1.165, 1.54) is 45.1 Å². The first kappa shape index (κ1) is 14.0. The van der Waals surface area contributed by atoms with Crippen LogP contribution >= 0.6 is 0 Å². The summed E-state index contributed by atoms with van der Waals surface area (Å²) >= 11 is 0. The highest BCUT2D eigenvalue weighted by molar-refractivity contribution is 4.79. The summed E-state index contributed by atoms with van der Waals surface area (Å²) in [5.41, 5.74) is 5.78. The molecule has 0 saturated heterocycles. The lowest BCUT2D eigenvalue weighted by Gasteiger charge is -2.36. The summed E-state index contributed by atoms with van der Waals surface area (Å²) in [5.74, 6) is 1.69. The Labute approximate surface area is 102 Å². The molecule has 0 radical (unpaired) electrons. The summed E-state index contributed by atoms with van der Waals surface area (Å²) in [6.45, 7) is 6.61. The second-order valence-corrected chi connectivity index (χ2v) is 5.53. The predicted molar refractivity (Wildman–Crippen MR) is 71.5 cm³/mol. The van der Waals surface area contributed by atoms with Crippen molar-refractivity contribution in [3.8, 4) is 0 Å². The van der Waals surface area contributed by atoms with Crippen LogP contribution in [0.5, 0.6) is 0 Å². The first-order valence-electron chi connectivity index (χ1n) is 7.11. The van der Waals surface area contributed by atoms with Crippen LogP contribution in [0, 0.1) is 11.8 Å². The molecule has 2 N–H and O–H groups in total. The van der Waals surface area contributed by atoms with Gasteiger partial charge in [0.2, 0.25) is 0 Å². The minimum absolute atomic E-state index is 0.689. The lowest BCUT2D eigenvalue weighted by atomic mass is 9.84. The van der Waals surface area contributed by atoms with Gasteiger partial charge in [-0.3, -0.25) is 0 Å². The Hall–Kier alpha value is -0.0800. The predicted octanol–water partition coefficient (Wildman–Crippen LogP) is 2.87. The van der Waals surface area contributed by atoms with Crippen LogP contribution in [0.4, 0.5) is 0 Å². The van der Waals surface area contributed by atoms with Crippen molar-refractivity contribution in [2.45, 2.75) is 58.4 Å². The molecule has 0 aromatic rings. The smallest absolute Gasteiger partial charge is 0.00925 e. The van der Waals surface area contributed by atoms with Gasteiger partial charge in [0.1, 0.15) is 0 Å². The van der Waals surface area contributed by atoms with Crippen LogP contribution in [0.25, 0.3) is 0 Å². The Balaban J connectivity index is 2.29. The largest absolute Gasteiger partial charge is 0.330 e. The molecule has 0 heterocycles. The Kier molecular flexibility index (Phi) is 6.37. The van der Waals surface area contributed by atoms with E-state index in [1.807, 2.05) is 0 Å². The molecule has 0 aromatic heterocycles. The topological polar surface area (TPSA) is 29.3 Å². The first-order valence-corrected chi connectivity index (χ1v) is 7.11. The molecular formula is C14H30N2. The summed E-state index contributed by atoms with van der Waals surface area (Å²) in [4.78, 5) is 2.56. The summed E-state index contributed by atoms with van der Waals surface area (Å²) in [7, 11) is 2.29. The third-order valence-corrected chi connectivity index (χ3v) is 4.47. The SMILES string of the molecule is CCC1CCC(N(C)CC(CC)CN)CC1. The molecule has 0 aromatic carbocycles. The number of nitrogens with zero attached hydrogens (tertiary/aromatic N) is 1. The van der Waals surface area contributed by atoms with Crippen LogP contribution in [0.3, 0.4) is 0 Å². The van der Waals surface area contributed by atoms with Gasteiger partial charge in [-0.05, 0) is 51.1 Å². The highest BCUT2D eigenvalue weighted by Crippen LogP contribution is 2.29. The highest BCUT2D eigenvalue weighted by atomic mass is 15.1. The van der Waals surface area contributed by atoms with E-state index in [0.29, 0.717) is 5.92 Å². The van der Waals surface area contributed by atoms with Crippen molar-refractivity contribution in [3.63, 3.8) is 0 Å². The van der Waals surface area contributed by atoms with E-state index in [2.05, 4.69) is 25.8 Å². The van der Waals surface area contributed by atoms with Gasteiger partial charge >= 0.3 is 0 Å². The van der Waals surface area contributed by atoms with Crippen LogP contribution in [0.1, 0.15) is 52.4 Å². The van der Waals surface area contributed by atoms with Gasteiger partial charge in [-0.2, -0.15) is 0 Å². The molecule has 1 unspecified atom stereocenters. The molecular weight excluding hydrogens is 196 g/mol. The van der Waals surface area contributed by atoms with E-state index >= 15 is 0 Å². The molecule has 2 heteroatoms. The average Bonchev–Trinajstić information content (AvgIpc) is 2.35. The third kappa shape index (κ3) is 4.06. The normalized spacial score (nSPS) is 28.3. The second kappa shape index (κ2) is 7.29. The Morgan fingerprint density at radius 1 is 1.19 bits per heavy atom. The van der Waals surface area contributed by atoms with Crippen LogP contribution < -0.4 is 5.73 Å². The summed E-state index contributed by atoms with van der Waals surface area (Å²) < 4.78 is 0. The Bertz CT molecular complexity index is 170. The van der Waals surface area contributed by atoms with Gasteiger partial charge in [0.25, 0.3) is 0 Å². The van der Waals surface area contributed by atoms with E-state index in [0.717, 1.165) is 18.5 Å². The maximum atomic E-state index is 5.78. The third-order valence-electron chi connectivity index (χ3n) is 4.47. The second-order valence-electron chi connectivity index (χ2n) is 5.53. The molecule has 1 saturated carbocycles. The molecule has 0 amide bonds. The van der Waals surface area contributed by atoms with Crippen LogP contribution in [0.15, 0.2) is 0 Å². The monoisotopic (exact) mass is 226 g/mol. The summed E-state index contributed by atoms with van der Waals surface area (Å²) in [5, 5.41) is 0. The van der Waals surface area contributed by atoms with Crippen molar-refractivity contribution in [2.75, 3.05) is 20.1 Å². The van der Waals surface area contributed by atoms with Gasteiger partial charge < -0.3 is 10.6 Å². The Morgan fingerprint density at radius 3 is 2.25 bits per heavy atom. The van der Waals surface area contributed by atoms with Crippen molar-refractivity contribution in [2.24, 2.45) is 17.6 Å². The van der Waals surface area contributed by atoms with E-state index in [4.69, 9.17) is 5.73 Å². The highest BCUT2D eigenvalue weighted by Gasteiger charge is 2.23. The fourth-order valence-corrected chi connectivity index (χ4v) is 2.92. The Morgan fingerprint density at radius 2 is 1.81 bits per heavy atom. The fraction of sp³-hybridized carbons (Fsp3) is 1.00. The molecule has 1 aliphatic carbocycles. The molecule has 96 valence electrons. The maximum Gasteiger partial charge on any atom is 0.00925 e. The van der Waals surface area contributed by atoms with E-state index < -0.39 is 0 Å². The molecule has 16 heavy (non-hydrogen) atoms. The molecule has 0 bridgehead atoms. The van der Waals surface area contributed by atoms with E-state index in [1.54, 1.807) is 0 Å². The van der Waals surface area contributed by atoms with Gasteiger partial charge in [-0.1, -0.05) is 26.7 Å². The zero-order chi connectivity index (χ0) is 12.0. The van der Waals surface area contributed by atoms with Crippen molar-refractivity contribution >= 4 is 0 Å². The van der Waals surface area contributed by atoms with Crippen LogP contribution in [-0.2, 0) is 0 Å². The number of hydrogen-bond donors (Lipinski definition) is 1. The van der Waals surface area contributed by atoms with Crippen molar-refractivity contribution in [1.82, 2.24) is 4.90 Å². The molecule has 0 spiro atoms. The lowest BCUT2D eigenvalue weighted by molar-refractivity contribution is 0.144. The van der Waals surface area contributed by atoms with Gasteiger partial charge in [0.15, 0.2) is 0 Å². The van der Waals surface area contributed by atoms with Gasteiger partial charge in [0.05, 0.1) is 0 Å². The number of nitrogens with two attached hydrogens (primary N) is 1. The van der Waals surface area contributed by atoms with Gasteiger partial charge in [-0.25, -0.2) is 0 Å². The maximum absolute atomic E-state index is 5.78. The molecule has 2 nitrogen and oxygen atoms in total. The standard InChI is InChI=1S/C14H30N2/c1-4-12-6-8-14(9-7-12)16(3)11-13(5-2)10-15/h12-14H,4-11,15H2,1-3H3. The van der Waals surface area contributed by atoms with Crippen LogP contribution in [0.2, 0.25) is 0 Å². The van der Waals surface area contributed by atoms with Gasteiger partial charge in [0, 0.05) is 12.6 Å². The summed E-state index contributed by atoms with van der Waals surface area (Å²) in [6.07, 6.45) is 8.25. The summed E-state index contributed by atoms with van der Waals surface area (Å²) in [6, 6.07) is 0.823. The van der Waals surface area contributed by atoms with Gasteiger partial charge in [-0.15, -0.1) is 0 Å². The number of rotatable bonds is 6. The number of hydrogen-bond acceptors (Lipinski definition) is 2. The lowest BCUT2D eigenvalue weighted by Crippen LogP contribution is -2.39. The van der Waals surface area contributed by atoms with Crippen molar-refractivity contribution in [3.05, 3.63) is 0 Å². The zero-order valence-electron chi connectivity index (χ0n) is 11.4. The quantitative estimate of drug-likeness (QED) is 0.754. The van der Waals surface area contributed by atoms with Crippen LogP contribution in [-0.4, -0.2) is 31.1 Å². The van der Waals surface area contributed by atoms with Crippen molar-refractivity contribution in [1.29, 1.82) is 0 Å². The zero-order valence-corrected chi connectivity index (χ0v) is 11.4. The fourth-order valence-electron chi connectivity index (χ4n) is 2.92. The molecule has 1 atom stereocenters. The van der Waals surface area contributed by atoms with E-state index in [9.17, 15) is 0 Å².